The van der Waals surface area contributed by atoms with E-state index in [2.05, 4.69) is 25.2 Å². The number of anilines is 4. The second kappa shape index (κ2) is 9.14. The fourth-order valence-corrected chi connectivity index (χ4v) is 3.82. The van der Waals surface area contributed by atoms with Crippen LogP contribution in [-0.4, -0.2) is 40.0 Å². The summed E-state index contributed by atoms with van der Waals surface area (Å²) in [6.07, 6.45) is 1.44. The number of nitrogens with one attached hydrogen (secondary N) is 1. The van der Waals surface area contributed by atoms with E-state index >= 15 is 0 Å². The minimum atomic E-state index is -4.69. The third-order valence-electron chi connectivity index (χ3n) is 5.51. The fraction of sp³-hybridized carbons (Fsp3) is 0.273. The quantitative estimate of drug-likeness (QED) is 0.453. The molecule has 1 aliphatic rings. The Hall–Kier alpha value is -3.93. The first-order valence-electron chi connectivity index (χ1n) is 10.5. The summed E-state index contributed by atoms with van der Waals surface area (Å²) in [6, 6.07) is 5.44. The first-order valence-corrected chi connectivity index (χ1v) is 10.5. The van der Waals surface area contributed by atoms with Crippen molar-refractivity contribution in [2.24, 2.45) is 5.73 Å². The summed E-state index contributed by atoms with van der Waals surface area (Å²) in [5.74, 6) is -1.28. The number of pyridine rings is 3. The highest BCUT2D eigenvalue weighted by Crippen LogP contribution is 2.35. The van der Waals surface area contributed by atoms with Crippen LogP contribution in [0.25, 0.3) is 11.3 Å². The molecule has 0 aliphatic carbocycles. The van der Waals surface area contributed by atoms with Gasteiger partial charge in [0.2, 0.25) is 0 Å². The SMILES string of the molecule is Nc1ccc(-c2cnc(N)c(C(F)(F)F)c2)nc1C(=O)Nc1cnccc1N1CCC[C@H](N)C1. The number of alkyl halides is 3. The third kappa shape index (κ3) is 4.86. The number of nitrogen functional groups attached to an aromatic ring is 2. The second-order valence-corrected chi connectivity index (χ2v) is 7.98. The maximum absolute atomic E-state index is 13.2. The van der Waals surface area contributed by atoms with E-state index in [4.69, 9.17) is 17.2 Å². The van der Waals surface area contributed by atoms with Crippen LogP contribution in [-0.2, 0) is 6.18 Å². The molecule has 4 heterocycles. The van der Waals surface area contributed by atoms with Gasteiger partial charge in [0.1, 0.15) is 5.82 Å². The molecule has 9 nitrogen and oxygen atoms in total. The maximum atomic E-state index is 13.2. The lowest BCUT2D eigenvalue weighted by Gasteiger charge is -2.33. The van der Waals surface area contributed by atoms with E-state index in [1.165, 1.54) is 18.3 Å². The Kier molecular flexibility index (Phi) is 6.24. The molecule has 3 aromatic rings. The van der Waals surface area contributed by atoms with Gasteiger partial charge in [0.05, 0.1) is 34.5 Å². The third-order valence-corrected chi connectivity index (χ3v) is 5.51. The lowest BCUT2D eigenvalue weighted by molar-refractivity contribution is -0.137. The summed E-state index contributed by atoms with van der Waals surface area (Å²) in [5, 5.41) is 2.76. The highest BCUT2D eigenvalue weighted by Gasteiger charge is 2.34. The lowest BCUT2D eigenvalue weighted by Crippen LogP contribution is -2.43. The largest absolute Gasteiger partial charge is 0.419 e. The van der Waals surface area contributed by atoms with Gasteiger partial charge in [-0.3, -0.25) is 9.78 Å². The summed E-state index contributed by atoms with van der Waals surface area (Å²) < 4.78 is 39.7. The minimum Gasteiger partial charge on any atom is -0.397 e. The van der Waals surface area contributed by atoms with Gasteiger partial charge in [-0.15, -0.1) is 0 Å². The second-order valence-electron chi connectivity index (χ2n) is 7.98. The maximum Gasteiger partial charge on any atom is 0.419 e. The molecule has 12 heteroatoms. The van der Waals surface area contributed by atoms with E-state index in [0.717, 1.165) is 37.3 Å². The number of carbonyl (C=O) groups excluding carboxylic acids is 1. The number of piperidine rings is 1. The molecular formula is C22H23F3N8O. The Morgan fingerprint density at radius 3 is 2.71 bits per heavy atom. The van der Waals surface area contributed by atoms with Crippen LogP contribution in [0, 0.1) is 0 Å². The predicted octanol–water partition coefficient (Wildman–Crippen LogP) is 2.90. The zero-order valence-electron chi connectivity index (χ0n) is 18.0. The average molecular weight is 472 g/mol. The van der Waals surface area contributed by atoms with Crippen molar-refractivity contribution in [3.05, 3.63) is 54.1 Å². The van der Waals surface area contributed by atoms with Gasteiger partial charge in [-0.2, -0.15) is 13.2 Å². The molecule has 1 saturated heterocycles. The van der Waals surface area contributed by atoms with Crippen LogP contribution in [0.15, 0.2) is 42.9 Å². The zero-order chi connectivity index (χ0) is 24.5. The van der Waals surface area contributed by atoms with Gasteiger partial charge in [0.15, 0.2) is 5.69 Å². The number of hydrogen-bond acceptors (Lipinski definition) is 8. The van der Waals surface area contributed by atoms with Crippen LogP contribution in [0.2, 0.25) is 0 Å². The molecule has 1 amide bonds. The van der Waals surface area contributed by atoms with Crippen LogP contribution >= 0.6 is 0 Å². The molecule has 1 aliphatic heterocycles. The van der Waals surface area contributed by atoms with Crippen molar-refractivity contribution in [1.82, 2.24) is 15.0 Å². The normalized spacial score (nSPS) is 16.4. The first-order chi connectivity index (χ1) is 16.1. The van der Waals surface area contributed by atoms with Crippen molar-refractivity contribution in [1.29, 1.82) is 0 Å². The Bertz CT molecular complexity index is 1220. The van der Waals surface area contributed by atoms with Crippen molar-refractivity contribution in [2.45, 2.75) is 25.1 Å². The fourth-order valence-electron chi connectivity index (χ4n) is 3.82. The Morgan fingerprint density at radius 2 is 1.97 bits per heavy atom. The number of hydrogen-bond donors (Lipinski definition) is 4. The number of aromatic nitrogens is 3. The van der Waals surface area contributed by atoms with Gasteiger partial charge in [-0.05, 0) is 37.1 Å². The van der Waals surface area contributed by atoms with Crippen LogP contribution in [0.4, 0.5) is 36.1 Å². The smallest absolute Gasteiger partial charge is 0.397 e. The topological polar surface area (TPSA) is 149 Å². The molecular weight excluding hydrogens is 449 g/mol. The summed E-state index contributed by atoms with van der Waals surface area (Å²) >= 11 is 0. The standard InChI is InChI=1S/C22H23F3N8O/c23-22(24,25)14-8-12(9-30-20(14)28)16-4-3-15(27)19(31-16)21(34)32-17-10-29-6-5-18(17)33-7-1-2-13(26)11-33/h3-6,8-10,13H,1-2,7,11,26-27H2,(H2,28,30)(H,32,34)/t13-/m0/s1. The Labute approximate surface area is 193 Å². The van der Waals surface area contributed by atoms with Gasteiger partial charge in [-0.1, -0.05) is 0 Å². The molecule has 0 saturated carbocycles. The van der Waals surface area contributed by atoms with E-state index in [9.17, 15) is 18.0 Å². The van der Waals surface area contributed by atoms with Gasteiger partial charge >= 0.3 is 6.18 Å². The predicted molar refractivity (Wildman–Crippen MR) is 123 cm³/mol. The minimum absolute atomic E-state index is 0.0227. The van der Waals surface area contributed by atoms with Crippen molar-refractivity contribution < 1.29 is 18.0 Å². The van der Waals surface area contributed by atoms with E-state index in [-0.39, 0.29) is 28.7 Å². The van der Waals surface area contributed by atoms with Crippen LogP contribution in [0.5, 0.6) is 0 Å². The highest BCUT2D eigenvalue weighted by molar-refractivity contribution is 6.07. The van der Waals surface area contributed by atoms with E-state index in [1.54, 1.807) is 12.3 Å². The number of nitrogens with zero attached hydrogens (tertiary/aromatic N) is 4. The number of rotatable bonds is 4. The summed E-state index contributed by atoms with van der Waals surface area (Å²) in [7, 11) is 0. The van der Waals surface area contributed by atoms with Gasteiger partial charge in [-0.25, -0.2) is 9.97 Å². The summed E-state index contributed by atoms with van der Waals surface area (Å²) in [4.78, 5) is 27.0. The number of amides is 1. The van der Waals surface area contributed by atoms with E-state index < -0.39 is 23.5 Å². The molecule has 0 unspecified atom stereocenters. The molecule has 1 fully saturated rings. The van der Waals surface area contributed by atoms with Crippen LogP contribution in [0.3, 0.4) is 0 Å². The Morgan fingerprint density at radius 1 is 1.18 bits per heavy atom. The van der Waals surface area contributed by atoms with E-state index in [1.807, 2.05) is 0 Å². The van der Waals surface area contributed by atoms with Crippen molar-refractivity contribution in [3.63, 3.8) is 0 Å². The number of carbonyl (C=O) groups is 1. The lowest BCUT2D eigenvalue weighted by atomic mass is 10.1. The van der Waals surface area contributed by atoms with E-state index in [0.29, 0.717) is 12.2 Å². The summed E-state index contributed by atoms with van der Waals surface area (Å²) in [5.41, 5.74) is 17.6. The van der Waals surface area contributed by atoms with Crippen molar-refractivity contribution in [3.8, 4) is 11.3 Å². The number of halogens is 3. The van der Waals surface area contributed by atoms with Crippen molar-refractivity contribution >= 4 is 28.8 Å². The molecule has 0 spiro atoms. The summed E-state index contributed by atoms with van der Waals surface area (Å²) in [6.45, 7) is 1.41. The molecule has 1 atom stereocenters. The Balaban J connectivity index is 1.64. The molecule has 0 aromatic carbocycles. The molecule has 0 radical (unpaired) electrons. The molecule has 34 heavy (non-hydrogen) atoms. The van der Waals surface area contributed by atoms with Gasteiger partial charge in [0.25, 0.3) is 5.91 Å². The highest BCUT2D eigenvalue weighted by atomic mass is 19.4. The van der Waals surface area contributed by atoms with Crippen molar-refractivity contribution in [2.75, 3.05) is 34.8 Å². The molecule has 178 valence electrons. The van der Waals surface area contributed by atoms with Gasteiger partial charge in [0, 0.05) is 37.1 Å². The molecule has 3 aromatic heterocycles. The molecule has 4 rings (SSSR count). The monoisotopic (exact) mass is 472 g/mol. The first kappa shape index (κ1) is 23.2. The van der Waals surface area contributed by atoms with Gasteiger partial charge < -0.3 is 27.4 Å². The zero-order valence-corrected chi connectivity index (χ0v) is 18.0. The average Bonchev–Trinajstić information content (AvgIpc) is 2.79. The van der Waals surface area contributed by atoms with Crippen LogP contribution < -0.4 is 27.4 Å². The van der Waals surface area contributed by atoms with Crippen LogP contribution in [0.1, 0.15) is 28.9 Å². The molecule has 0 bridgehead atoms. The number of nitrogens with two attached hydrogens (primary N) is 3. The molecule has 7 N–H and O–H groups in total.